The molecule has 0 unspecified atom stereocenters. The molecule has 0 aliphatic heterocycles. The number of aryl methyl sites for hydroxylation is 1. The first-order valence-electron chi connectivity index (χ1n) is 8.98. The van der Waals surface area contributed by atoms with Crippen molar-refractivity contribution in [1.82, 2.24) is 5.32 Å². The van der Waals surface area contributed by atoms with E-state index in [0.717, 1.165) is 35.5 Å². The Labute approximate surface area is 160 Å². The number of halogens is 1. The van der Waals surface area contributed by atoms with Crippen LogP contribution >= 0.6 is 11.6 Å². The average Bonchev–Trinajstić information content (AvgIpc) is 2.64. The predicted molar refractivity (Wildman–Crippen MR) is 105 cm³/mol. The maximum atomic E-state index is 12.3. The molecule has 5 heteroatoms. The third-order valence-corrected chi connectivity index (χ3v) is 4.39. The smallest absolute Gasteiger partial charge is 0.251 e. The number of benzene rings is 2. The van der Waals surface area contributed by atoms with E-state index < -0.39 is 0 Å². The van der Waals surface area contributed by atoms with Crippen LogP contribution in [0.3, 0.4) is 0 Å². The second-order valence-corrected chi connectivity index (χ2v) is 6.47. The summed E-state index contributed by atoms with van der Waals surface area (Å²) in [6, 6.07) is 11.0. The van der Waals surface area contributed by atoms with E-state index in [1.807, 2.05) is 44.2 Å². The Hall–Kier alpha value is -2.20. The fourth-order valence-corrected chi connectivity index (χ4v) is 2.60. The SMILES string of the molecule is CCCCNC(=O)c1ccc(OCC)c(COc2ccc(Cl)c(C)c2)c1. The van der Waals surface area contributed by atoms with E-state index in [4.69, 9.17) is 21.1 Å². The van der Waals surface area contributed by atoms with Crippen LogP contribution in [0.5, 0.6) is 11.5 Å². The fraction of sp³-hybridized carbons (Fsp3) is 0.381. The zero-order valence-electron chi connectivity index (χ0n) is 15.6. The lowest BCUT2D eigenvalue weighted by molar-refractivity contribution is 0.0953. The van der Waals surface area contributed by atoms with E-state index in [1.54, 1.807) is 6.07 Å². The maximum Gasteiger partial charge on any atom is 0.251 e. The lowest BCUT2D eigenvalue weighted by atomic mass is 10.1. The van der Waals surface area contributed by atoms with Gasteiger partial charge < -0.3 is 14.8 Å². The summed E-state index contributed by atoms with van der Waals surface area (Å²) in [5.41, 5.74) is 2.40. The standard InChI is InChI=1S/C21H26ClNO3/c1-4-6-11-23-21(24)16-7-10-20(25-5-2)17(13-16)14-26-18-8-9-19(22)15(3)12-18/h7-10,12-13H,4-6,11,14H2,1-3H3,(H,23,24). The van der Waals surface area contributed by atoms with E-state index in [0.29, 0.717) is 30.3 Å². The number of ether oxygens (including phenoxy) is 2. The molecule has 2 aromatic rings. The Morgan fingerprint density at radius 3 is 2.62 bits per heavy atom. The zero-order chi connectivity index (χ0) is 18.9. The van der Waals surface area contributed by atoms with Crippen LogP contribution < -0.4 is 14.8 Å². The minimum absolute atomic E-state index is 0.0786. The lowest BCUT2D eigenvalue weighted by Crippen LogP contribution is -2.24. The number of carbonyl (C=O) groups is 1. The van der Waals surface area contributed by atoms with Gasteiger partial charge >= 0.3 is 0 Å². The number of hydrogen-bond acceptors (Lipinski definition) is 3. The van der Waals surface area contributed by atoms with Gasteiger partial charge in [0.2, 0.25) is 0 Å². The zero-order valence-corrected chi connectivity index (χ0v) is 16.4. The Bertz CT molecular complexity index is 746. The Kier molecular flexibility index (Phi) is 7.79. The highest BCUT2D eigenvalue weighted by Crippen LogP contribution is 2.25. The average molecular weight is 376 g/mol. The number of rotatable bonds is 9. The van der Waals surface area contributed by atoms with Crippen LogP contribution in [0.2, 0.25) is 5.02 Å². The molecular formula is C21H26ClNO3. The number of hydrogen-bond donors (Lipinski definition) is 1. The van der Waals surface area contributed by atoms with Crippen molar-refractivity contribution >= 4 is 17.5 Å². The third kappa shape index (κ3) is 5.67. The molecule has 4 nitrogen and oxygen atoms in total. The van der Waals surface area contributed by atoms with Crippen molar-refractivity contribution in [1.29, 1.82) is 0 Å². The van der Waals surface area contributed by atoms with Crippen molar-refractivity contribution in [3.8, 4) is 11.5 Å². The normalized spacial score (nSPS) is 10.5. The van der Waals surface area contributed by atoms with Crippen LogP contribution in [-0.2, 0) is 6.61 Å². The molecule has 2 aromatic carbocycles. The first kappa shape index (κ1) is 20.1. The molecule has 0 radical (unpaired) electrons. The molecule has 0 aromatic heterocycles. The van der Waals surface area contributed by atoms with Crippen molar-refractivity contribution in [2.45, 2.75) is 40.2 Å². The molecule has 26 heavy (non-hydrogen) atoms. The molecule has 0 saturated heterocycles. The minimum Gasteiger partial charge on any atom is -0.493 e. The summed E-state index contributed by atoms with van der Waals surface area (Å²) >= 11 is 6.05. The van der Waals surface area contributed by atoms with Gasteiger partial charge in [-0.15, -0.1) is 0 Å². The van der Waals surface area contributed by atoms with Crippen LogP contribution in [0.4, 0.5) is 0 Å². The highest BCUT2D eigenvalue weighted by molar-refractivity contribution is 6.31. The van der Waals surface area contributed by atoms with Crippen LogP contribution in [0.1, 0.15) is 48.2 Å². The maximum absolute atomic E-state index is 12.3. The van der Waals surface area contributed by atoms with Gasteiger partial charge in [0.05, 0.1) is 6.61 Å². The van der Waals surface area contributed by atoms with E-state index in [-0.39, 0.29) is 5.91 Å². The van der Waals surface area contributed by atoms with Crippen LogP contribution in [0.25, 0.3) is 0 Å². The van der Waals surface area contributed by atoms with Crippen LogP contribution in [0.15, 0.2) is 36.4 Å². The molecule has 140 valence electrons. The third-order valence-electron chi connectivity index (χ3n) is 3.96. The molecule has 2 rings (SSSR count). The molecule has 0 heterocycles. The van der Waals surface area contributed by atoms with Crippen molar-refractivity contribution in [2.75, 3.05) is 13.2 Å². The lowest BCUT2D eigenvalue weighted by Gasteiger charge is -2.14. The Balaban J connectivity index is 2.13. The van der Waals surface area contributed by atoms with Gasteiger partial charge in [-0.05, 0) is 62.2 Å². The molecule has 0 atom stereocenters. The first-order valence-corrected chi connectivity index (χ1v) is 9.35. The van der Waals surface area contributed by atoms with E-state index in [2.05, 4.69) is 12.2 Å². The molecular weight excluding hydrogens is 350 g/mol. The molecule has 0 fully saturated rings. The quantitative estimate of drug-likeness (QED) is 0.616. The van der Waals surface area contributed by atoms with Gasteiger partial charge in [0.25, 0.3) is 5.91 Å². The second kappa shape index (κ2) is 10.1. The summed E-state index contributed by atoms with van der Waals surface area (Å²) in [4.78, 5) is 12.3. The summed E-state index contributed by atoms with van der Waals surface area (Å²) in [5.74, 6) is 1.38. The van der Waals surface area contributed by atoms with Crippen molar-refractivity contribution < 1.29 is 14.3 Å². The van der Waals surface area contributed by atoms with Gasteiger partial charge in [0, 0.05) is 22.7 Å². The van der Waals surface area contributed by atoms with Gasteiger partial charge in [0.15, 0.2) is 0 Å². The highest BCUT2D eigenvalue weighted by Gasteiger charge is 2.11. The molecule has 0 spiro atoms. The second-order valence-electron chi connectivity index (χ2n) is 6.06. The predicted octanol–water partition coefficient (Wildman–Crippen LogP) is 5.16. The molecule has 0 saturated carbocycles. The molecule has 1 N–H and O–H groups in total. The van der Waals surface area contributed by atoms with Crippen LogP contribution in [-0.4, -0.2) is 19.1 Å². The van der Waals surface area contributed by atoms with Gasteiger partial charge in [-0.25, -0.2) is 0 Å². The van der Waals surface area contributed by atoms with Gasteiger partial charge in [0.1, 0.15) is 18.1 Å². The van der Waals surface area contributed by atoms with E-state index in [1.165, 1.54) is 0 Å². The summed E-state index contributed by atoms with van der Waals surface area (Å²) in [6.07, 6.45) is 2.01. The molecule has 0 bridgehead atoms. The number of carbonyl (C=O) groups excluding carboxylic acids is 1. The Morgan fingerprint density at radius 1 is 1.12 bits per heavy atom. The molecule has 0 aliphatic rings. The molecule has 0 aliphatic carbocycles. The van der Waals surface area contributed by atoms with E-state index >= 15 is 0 Å². The highest BCUT2D eigenvalue weighted by atomic mass is 35.5. The monoisotopic (exact) mass is 375 g/mol. The van der Waals surface area contributed by atoms with Crippen molar-refractivity contribution in [3.63, 3.8) is 0 Å². The van der Waals surface area contributed by atoms with Crippen molar-refractivity contribution in [2.24, 2.45) is 0 Å². The molecule has 1 amide bonds. The Morgan fingerprint density at radius 2 is 1.92 bits per heavy atom. The number of nitrogens with one attached hydrogen (secondary N) is 1. The summed E-state index contributed by atoms with van der Waals surface area (Å²) in [7, 11) is 0. The fourth-order valence-electron chi connectivity index (χ4n) is 2.48. The van der Waals surface area contributed by atoms with Gasteiger partial charge in [-0.2, -0.15) is 0 Å². The van der Waals surface area contributed by atoms with E-state index in [9.17, 15) is 4.79 Å². The van der Waals surface area contributed by atoms with Crippen LogP contribution in [0, 0.1) is 6.92 Å². The summed E-state index contributed by atoms with van der Waals surface area (Å²) in [5, 5.41) is 3.64. The van der Waals surface area contributed by atoms with Gasteiger partial charge in [-0.3, -0.25) is 4.79 Å². The summed E-state index contributed by atoms with van der Waals surface area (Å²) in [6.45, 7) is 7.50. The van der Waals surface area contributed by atoms with Crippen molar-refractivity contribution in [3.05, 3.63) is 58.1 Å². The first-order chi connectivity index (χ1) is 12.5. The van der Waals surface area contributed by atoms with Gasteiger partial charge in [-0.1, -0.05) is 24.9 Å². The number of amides is 1. The minimum atomic E-state index is -0.0786. The largest absolute Gasteiger partial charge is 0.493 e. The number of unbranched alkanes of at least 4 members (excludes halogenated alkanes) is 1. The summed E-state index contributed by atoms with van der Waals surface area (Å²) < 4.78 is 11.5. The topological polar surface area (TPSA) is 47.6 Å².